The van der Waals surface area contributed by atoms with Crippen molar-refractivity contribution in [3.63, 3.8) is 0 Å². The van der Waals surface area contributed by atoms with Gasteiger partial charge in [0.2, 0.25) is 0 Å². The summed E-state index contributed by atoms with van der Waals surface area (Å²) >= 11 is 0. The van der Waals surface area contributed by atoms with Gasteiger partial charge in [-0.1, -0.05) is 31.0 Å². The van der Waals surface area contributed by atoms with E-state index in [1.807, 2.05) is 12.5 Å². The molecule has 0 bridgehead atoms. The molecule has 0 radical (unpaired) electrons. The van der Waals surface area contributed by atoms with Gasteiger partial charge in [0.25, 0.3) is 0 Å². The topological polar surface area (TPSA) is 29.9 Å². The molecule has 1 atom stereocenters. The van der Waals surface area contributed by atoms with Gasteiger partial charge in [0.05, 0.1) is 18.2 Å². The standard InChI is InChI=1S/C18H23N3/c1-13(14-5-2-3-6-14)21-12-19-11-17(21)16-8-4-7-15-9-10-20-18(15)16/h4,7-8,11-14,20H,2-3,5-6,9-10H2,1H3. The lowest BCUT2D eigenvalue weighted by molar-refractivity contribution is 0.363. The number of fused-ring (bicyclic) bond motifs is 1. The summed E-state index contributed by atoms with van der Waals surface area (Å²) < 4.78 is 2.39. The Bertz CT molecular complexity index is 638. The number of nitrogens with one attached hydrogen (secondary N) is 1. The van der Waals surface area contributed by atoms with Crippen molar-refractivity contribution in [2.45, 2.75) is 45.1 Å². The van der Waals surface area contributed by atoms with Crippen LogP contribution in [0.25, 0.3) is 11.3 Å². The zero-order valence-corrected chi connectivity index (χ0v) is 12.7. The molecule has 1 aromatic heterocycles. The zero-order valence-electron chi connectivity index (χ0n) is 12.7. The molecule has 2 aromatic rings. The second-order valence-electron chi connectivity index (χ2n) is 6.49. The molecule has 0 saturated heterocycles. The average molecular weight is 281 g/mol. The van der Waals surface area contributed by atoms with Crippen molar-refractivity contribution in [2.24, 2.45) is 5.92 Å². The number of nitrogens with zero attached hydrogens (tertiary/aromatic N) is 2. The third-order valence-corrected chi connectivity index (χ3v) is 5.31. The fourth-order valence-corrected chi connectivity index (χ4v) is 4.06. The maximum Gasteiger partial charge on any atom is 0.0953 e. The highest BCUT2D eigenvalue weighted by Gasteiger charge is 2.25. The maximum atomic E-state index is 4.45. The molecule has 1 aliphatic carbocycles. The number of rotatable bonds is 3. The zero-order chi connectivity index (χ0) is 14.2. The Hall–Kier alpha value is -1.77. The van der Waals surface area contributed by atoms with E-state index in [1.165, 1.54) is 48.2 Å². The van der Waals surface area contributed by atoms with Gasteiger partial charge in [0, 0.05) is 23.8 Å². The normalized spacial score (nSPS) is 19.5. The SMILES string of the molecule is CC(C1CCCC1)n1cncc1-c1cccc2c1NCC2. The summed E-state index contributed by atoms with van der Waals surface area (Å²) in [6, 6.07) is 7.19. The molecular weight excluding hydrogens is 258 g/mol. The Morgan fingerprint density at radius 3 is 3.00 bits per heavy atom. The predicted octanol–water partition coefficient (Wildman–Crippen LogP) is 4.27. The molecule has 1 saturated carbocycles. The Kier molecular flexibility index (Phi) is 3.21. The summed E-state index contributed by atoms with van der Waals surface area (Å²) in [5, 5.41) is 3.55. The van der Waals surface area contributed by atoms with Crippen LogP contribution in [-0.2, 0) is 6.42 Å². The Balaban J connectivity index is 1.74. The number of para-hydroxylation sites is 1. The molecule has 1 aromatic carbocycles. The molecule has 4 rings (SSSR count). The van der Waals surface area contributed by atoms with Crippen LogP contribution >= 0.6 is 0 Å². The first kappa shape index (κ1) is 12.9. The summed E-state index contributed by atoms with van der Waals surface area (Å²) in [5.41, 5.74) is 5.33. The van der Waals surface area contributed by atoms with Crippen molar-refractivity contribution in [2.75, 3.05) is 11.9 Å². The molecule has 3 nitrogen and oxygen atoms in total. The van der Waals surface area contributed by atoms with Crippen LogP contribution in [0.1, 0.15) is 44.2 Å². The van der Waals surface area contributed by atoms with Gasteiger partial charge >= 0.3 is 0 Å². The molecular formula is C18H23N3. The van der Waals surface area contributed by atoms with Gasteiger partial charge in [-0.25, -0.2) is 4.98 Å². The fourth-order valence-electron chi connectivity index (χ4n) is 4.06. The lowest BCUT2D eigenvalue weighted by Gasteiger charge is -2.23. The molecule has 1 N–H and O–H groups in total. The van der Waals surface area contributed by atoms with Gasteiger partial charge in [0.1, 0.15) is 0 Å². The average Bonchev–Trinajstić information content (AvgIpc) is 3.24. The van der Waals surface area contributed by atoms with Gasteiger partial charge in [-0.2, -0.15) is 0 Å². The summed E-state index contributed by atoms with van der Waals surface area (Å²) in [6.45, 7) is 3.41. The number of anilines is 1. The molecule has 110 valence electrons. The Labute approximate surface area is 126 Å². The fraction of sp³-hybridized carbons (Fsp3) is 0.500. The highest BCUT2D eigenvalue weighted by Crippen LogP contribution is 2.39. The Morgan fingerprint density at radius 2 is 2.14 bits per heavy atom. The van der Waals surface area contributed by atoms with E-state index in [4.69, 9.17) is 0 Å². The van der Waals surface area contributed by atoms with E-state index >= 15 is 0 Å². The summed E-state index contributed by atoms with van der Waals surface area (Å²) in [6.07, 6.45) is 10.7. The highest BCUT2D eigenvalue weighted by atomic mass is 15.1. The smallest absolute Gasteiger partial charge is 0.0953 e. The predicted molar refractivity (Wildman–Crippen MR) is 86.5 cm³/mol. The second kappa shape index (κ2) is 5.21. The van der Waals surface area contributed by atoms with E-state index in [1.54, 1.807) is 0 Å². The second-order valence-corrected chi connectivity index (χ2v) is 6.49. The van der Waals surface area contributed by atoms with Crippen molar-refractivity contribution >= 4 is 5.69 Å². The van der Waals surface area contributed by atoms with Crippen molar-refractivity contribution in [1.29, 1.82) is 0 Å². The summed E-state index contributed by atoms with van der Waals surface area (Å²) in [7, 11) is 0. The van der Waals surface area contributed by atoms with Crippen molar-refractivity contribution in [3.8, 4) is 11.3 Å². The lowest BCUT2D eigenvalue weighted by Crippen LogP contribution is -2.14. The summed E-state index contributed by atoms with van der Waals surface area (Å²) in [4.78, 5) is 4.45. The third kappa shape index (κ3) is 2.15. The molecule has 1 fully saturated rings. The largest absolute Gasteiger partial charge is 0.384 e. The van der Waals surface area contributed by atoms with Crippen LogP contribution < -0.4 is 5.32 Å². The van der Waals surface area contributed by atoms with E-state index in [0.717, 1.165) is 18.9 Å². The minimum absolute atomic E-state index is 0.544. The molecule has 1 aliphatic heterocycles. The Morgan fingerprint density at radius 1 is 1.29 bits per heavy atom. The van der Waals surface area contributed by atoms with E-state index in [9.17, 15) is 0 Å². The van der Waals surface area contributed by atoms with Gasteiger partial charge in [0.15, 0.2) is 0 Å². The molecule has 2 aliphatic rings. The number of hydrogen-bond acceptors (Lipinski definition) is 2. The van der Waals surface area contributed by atoms with Crippen LogP contribution in [0.4, 0.5) is 5.69 Å². The minimum Gasteiger partial charge on any atom is -0.384 e. The lowest BCUT2D eigenvalue weighted by atomic mass is 9.98. The van der Waals surface area contributed by atoms with Crippen LogP contribution in [0.15, 0.2) is 30.7 Å². The molecule has 21 heavy (non-hydrogen) atoms. The third-order valence-electron chi connectivity index (χ3n) is 5.31. The molecule has 1 unspecified atom stereocenters. The van der Waals surface area contributed by atoms with E-state index in [2.05, 4.69) is 40.0 Å². The quantitative estimate of drug-likeness (QED) is 0.910. The monoisotopic (exact) mass is 281 g/mol. The van der Waals surface area contributed by atoms with Crippen molar-refractivity contribution < 1.29 is 0 Å². The van der Waals surface area contributed by atoms with Gasteiger partial charge in [-0.3, -0.25) is 0 Å². The van der Waals surface area contributed by atoms with Crippen LogP contribution in [0, 0.1) is 5.92 Å². The first-order chi connectivity index (χ1) is 10.3. The first-order valence-electron chi connectivity index (χ1n) is 8.22. The van der Waals surface area contributed by atoms with E-state index in [0.29, 0.717) is 6.04 Å². The number of benzene rings is 1. The van der Waals surface area contributed by atoms with Crippen molar-refractivity contribution in [3.05, 3.63) is 36.3 Å². The van der Waals surface area contributed by atoms with Crippen molar-refractivity contribution in [1.82, 2.24) is 9.55 Å². The van der Waals surface area contributed by atoms with Gasteiger partial charge < -0.3 is 9.88 Å². The van der Waals surface area contributed by atoms with Gasteiger partial charge in [-0.05, 0) is 37.7 Å². The number of imidazole rings is 1. The highest BCUT2D eigenvalue weighted by molar-refractivity contribution is 5.79. The minimum atomic E-state index is 0.544. The number of aromatic nitrogens is 2. The maximum absolute atomic E-state index is 4.45. The molecule has 2 heterocycles. The molecule has 3 heteroatoms. The molecule has 0 spiro atoms. The van der Waals surface area contributed by atoms with E-state index in [-0.39, 0.29) is 0 Å². The number of hydrogen-bond donors (Lipinski definition) is 1. The van der Waals surface area contributed by atoms with Crippen LogP contribution in [0.2, 0.25) is 0 Å². The van der Waals surface area contributed by atoms with Crippen LogP contribution in [0.5, 0.6) is 0 Å². The van der Waals surface area contributed by atoms with E-state index < -0.39 is 0 Å². The van der Waals surface area contributed by atoms with Crippen LogP contribution in [-0.4, -0.2) is 16.1 Å². The first-order valence-corrected chi connectivity index (χ1v) is 8.22. The molecule has 0 amide bonds. The summed E-state index contributed by atoms with van der Waals surface area (Å²) in [5.74, 6) is 0.808. The van der Waals surface area contributed by atoms with Crippen LogP contribution in [0.3, 0.4) is 0 Å². The van der Waals surface area contributed by atoms with Gasteiger partial charge in [-0.15, -0.1) is 0 Å².